The second-order valence-electron chi connectivity index (χ2n) is 6.84. The van der Waals surface area contributed by atoms with E-state index in [2.05, 4.69) is 26.0 Å². The Kier molecular flexibility index (Phi) is 7.00. The standard InChI is InChI=1S/C20H16BrN3O10/c1-9(18(26)27)33-16-10(5-11(21)7-14(16)24(30)31)6-13-17(25)23(20(29)22-13)8-12-3-4-15(34-12)19(28)32-2/h3-7,9H,8H2,1-2H3,(H,22,29)(H,26,27)/b13-6-/t9-/m1/s1. The highest BCUT2D eigenvalue weighted by Gasteiger charge is 2.35. The summed E-state index contributed by atoms with van der Waals surface area (Å²) in [7, 11) is 1.17. The number of carbonyl (C=O) groups excluding carboxylic acids is 3. The maximum atomic E-state index is 12.8. The first-order valence-corrected chi connectivity index (χ1v) is 10.2. The summed E-state index contributed by atoms with van der Waals surface area (Å²) in [6.07, 6.45) is -0.311. The van der Waals surface area contributed by atoms with Gasteiger partial charge in [0.05, 0.1) is 18.6 Å². The van der Waals surface area contributed by atoms with E-state index in [1.165, 1.54) is 32.2 Å². The van der Waals surface area contributed by atoms with E-state index >= 15 is 0 Å². The van der Waals surface area contributed by atoms with Gasteiger partial charge in [-0.25, -0.2) is 14.4 Å². The van der Waals surface area contributed by atoms with E-state index in [1.807, 2.05) is 0 Å². The maximum absolute atomic E-state index is 12.8. The molecule has 2 N–H and O–H groups in total. The number of urea groups is 1. The number of hydrogen-bond donors (Lipinski definition) is 2. The summed E-state index contributed by atoms with van der Waals surface area (Å²) in [5, 5.41) is 23.0. The first-order chi connectivity index (χ1) is 16.0. The molecule has 1 aromatic carbocycles. The Hall–Kier alpha value is -4.20. The fourth-order valence-corrected chi connectivity index (χ4v) is 3.36. The van der Waals surface area contributed by atoms with Gasteiger partial charge in [0.25, 0.3) is 5.91 Å². The summed E-state index contributed by atoms with van der Waals surface area (Å²) in [4.78, 5) is 59.5. The van der Waals surface area contributed by atoms with Crippen molar-refractivity contribution in [1.29, 1.82) is 0 Å². The van der Waals surface area contributed by atoms with E-state index in [9.17, 15) is 29.3 Å². The van der Waals surface area contributed by atoms with Crippen molar-refractivity contribution in [2.24, 2.45) is 0 Å². The van der Waals surface area contributed by atoms with E-state index in [4.69, 9.17) is 14.3 Å². The van der Waals surface area contributed by atoms with Gasteiger partial charge in [-0.15, -0.1) is 0 Å². The minimum Gasteiger partial charge on any atom is -0.479 e. The van der Waals surface area contributed by atoms with Crippen LogP contribution >= 0.6 is 15.9 Å². The van der Waals surface area contributed by atoms with Crippen LogP contribution in [0.15, 0.2) is 38.9 Å². The molecular weight excluding hydrogens is 522 g/mol. The molecule has 3 rings (SSSR count). The highest BCUT2D eigenvalue weighted by molar-refractivity contribution is 9.10. The van der Waals surface area contributed by atoms with Crippen LogP contribution in [0.2, 0.25) is 0 Å². The number of methoxy groups -OCH3 is 1. The molecule has 34 heavy (non-hydrogen) atoms. The van der Waals surface area contributed by atoms with Crippen molar-refractivity contribution in [1.82, 2.24) is 10.2 Å². The van der Waals surface area contributed by atoms with Crippen LogP contribution in [0.4, 0.5) is 10.5 Å². The van der Waals surface area contributed by atoms with Crippen LogP contribution in [0.25, 0.3) is 6.08 Å². The lowest BCUT2D eigenvalue weighted by Gasteiger charge is -2.14. The minimum absolute atomic E-state index is 0.0225. The van der Waals surface area contributed by atoms with Crippen LogP contribution in [0, 0.1) is 10.1 Å². The van der Waals surface area contributed by atoms with Gasteiger partial charge in [-0.05, 0) is 31.2 Å². The first-order valence-electron chi connectivity index (χ1n) is 9.40. The molecule has 13 nitrogen and oxygen atoms in total. The number of nitrogens with zero attached hydrogens (tertiary/aromatic N) is 2. The van der Waals surface area contributed by atoms with Crippen molar-refractivity contribution in [2.75, 3.05) is 7.11 Å². The van der Waals surface area contributed by atoms with Crippen molar-refractivity contribution >= 4 is 51.6 Å². The molecule has 0 saturated carbocycles. The van der Waals surface area contributed by atoms with Crippen LogP contribution in [0.5, 0.6) is 5.75 Å². The molecule has 1 saturated heterocycles. The van der Waals surface area contributed by atoms with Crippen LogP contribution in [-0.4, -0.2) is 52.0 Å². The highest BCUT2D eigenvalue weighted by Crippen LogP contribution is 2.37. The van der Waals surface area contributed by atoms with Gasteiger partial charge in [0.2, 0.25) is 11.5 Å². The van der Waals surface area contributed by atoms with Crippen molar-refractivity contribution in [3.05, 3.63) is 61.6 Å². The topological polar surface area (TPSA) is 179 Å². The Morgan fingerprint density at radius 3 is 2.68 bits per heavy atom. The zero-order chi connectivity index (χ0) is 25.2. The molecule has 1 fully saturated rings. The largest absolute Gasteiger partial charge is 0.479 e. The quantitative estimate of drug-likeness (QED) is 0.167. The van der Waals surface area contributed by atoms with Crippen LogP contribution in [0.1, 0.15) is 28.8 Å². The molecule has 1 aliphatic rings. The summed E-state index contributed by atoms with van der Waals surface area (Å²) >= 11 is 3.12. The van der Waals surface area contributed by atoms with Gasteiger partial charge in [-0.3, -0.25) is 19.8 Å². The average molecular weight is 538 g/mol. The molecule has 2 aromatic rings. The Bertz CT molecular complexity index is 1240. The van der Waals surface area contributed by atoms with Crippen molar-refractivity contribution in [3.8, 4) is 5.75 Å². The first kappa shape index (κ1) is 24.4. The van der Waals surface area contributed by atoms with Crippen molar-refractivity contribution in [2.45, 2.75) is 19.6 Å². The van der Waals surface area contributed by atoms with Gasteiger partial charge >= 0.3 is 23.7 Å². The SMILES string of the molecule is COC(=O)c1ccc(CN2C(=O)N/C(=C\c3cc(Br)cc([N+](=O)[O-])c3O[C@H](C)C(=O)O)C2=O)o1. The number of carbonyl (C=O) groups is 4. The van der Waals surface area contributed by atoms with Gasteiger partial charge in [0.15, 0.2) is 6.10 Å². The minimum atomic E-state index is -1.44. The Morgan fingerprint density at radius 1 is 1.35 bits per heavy atom. The normalized spacial score (nSPS) is 15.3. The van der Waals surface area contributed by atoms with Crippen LogP contribution in [0.3, 0.4) is 0 Å². The number of esters is 1. The predicted octanol–water partition coefficient (Wildman–Crippen LogP) is 2.68. The number of halogens is 1. The maximum Gasteiger partial charge on any atom is 0.373 e. The highest BCUT2D eigenvalue weighted by atomic mass is 79.9. The number of rotatable bonds is 8. The van der Waals surface area contributed by atoms with Gasteiger partial charge in [0.1, 0.15) is 11.5 Å². The molecule has 0 aliphatic carbocycles. The number of benzene rings is 1. The number of hydrogen-bond acceptors (Lipinski definition) is 9. The molecule has 14 heteroatoms. The number of carboxylic acids is 1. The summed E-state index contributed by atoms with van der Waals surface area (Å²) in [6.45, 7) is 0.873. The van der Waals surface area contributed by atoms with Crippen LogP contribution < -0.4 is 10.1 Å². The summed E-state index contributed by atoms with van der Waals surface area (Å²) in [6, 6.07) is 4.39. The Morgan fingerprint density at radius 2 is 2.06 bits per heavy atom. The molecule has 3 amide bonds. The number of furan rings is 1. The summed E-state index contributed by atoms with van der Waals surface area (Å²) in [5.41, 5.74) is -0.815. The fraction of sp³-hybridized carbons (Fsp3) is 0.200. The number of amides is 3. The molecule has 1 atom stereocenters. The van der Waals surface area contributed by atoms with Crippen molar-refractivity contribution < 1.29 is 43.1 Å². The fourth-order valence-electron chi connectivity index (χ4n) is 2.90. The average Bonchev–Trinajstić information content (AvgIpc) is 3.35. The molecule has 1 aliphatic heterocycles. The molecule has 1 aromatic heterocycles. The second-order valence-corrected chi connectivity index (χ2v) is 7.75. The van der Waals surface area contributed by atoms with E-state index in [0.717, 1.165) is 17.0 Å². The molecule has 0 radical (unpaired) electrons. The van der Waals surface area contributed by atoms with E-state index in [-0.39, 0.29) is 33.8 Å². The number of aliphatic carboxylic acids is 1. The third-order valence-electron chi connectivity index (χ3n) is 4.53. The number of nitrogens with one attached hydrogen (secondary N) is 1. The predicted molar refractivity (Wildman–Crippen MR) is 116 cm³/mol. The lowest BCUT2D eigenvalue weighted by Crippen LogP contribution is -2.30. The second kappa shape index (κ2) is 9.74. The zero-order valence-electron chi connectivity index (χ0n) is 17.6. The molecule has 0 spiro atoms. The third kappa shape index (κ3) is 5.06. The Labute approximate surface area is 199 Å². The smallest absolute Gasteiger partial charge is 0.373 e. The number of ether oxygens (including phenoxy) is 2. The van der Waals surface area contributed by atoms with Crippen molar-refractivity contribution in [3.63, 3.8) is 0 Å². The lowest BCUT2D eigenvalue weighted by molar-refractivity contribution is -0.386. The third-order valence-corrected chi connectivity index (χ3v) is 4.98. The molecule has 2 heterocycles. The molecule has 0 unspecified atom stereocenters. The van der Waals surface area contributed by atoms with Crippen LogP contribution in [-0.2, 0) is 20.9 Å². The van der Waals surface area contributed by atoms with E-state index < -0.39 is 46.3 Å². The van der Waals surface area contributed by atoms with Gasteiger partial charge in [0, 0.05) is 16.1 Å². The molecular formula is C20H16BrN3O10. The number of imide groups is 1. The number of nitro benzene ring substituents is 1. The number of carboxylic acid groups (broad SMARTS) is 1. The van der Waals surface area contributed by atoms with Gasteiger partial charge in [-0.1, -0.05) is 15.9 Å². The van der Waals surface area contributed by atoms with E-state index in [1.54, 1.807) is 0 Å². The Balaban J connectivity index is 1.95. The number of nitro groups is 1. The molecule has 178 valence electrons. The van der Waals surface area contributed by atoms with E-state index in [0.29, 0.717) is 0 Å². The summed E-state index contributed by atoms with van der Waals surface area (Å²) < 4.78 is 15.3. The molecule has 0 bridgehead atoms. The summed E-state index contributed by atoms with van der Waals surface area (Å²) in [5.74, 6) is -3.27. The van der Waals surface area contributed by atoms with Gasteiger partial charge in [-0.2, -0.15) is 0 Å². The lowest BCUT2D eigenvalue weighted by atomic mass is 10.1. The zero-order valence-corrected chi connectivity index (χ0v) is 19.2. The monoisotopic (exact) mass is 537 g/mol. The van der Waals surface area contributed by atoms with Gasteiger partial charge < -0.3 is 24.3 Å².